The molecule has 2 N–H and O–H groups in total. The highest BCUT2D eigenvalue weighted by atomic mass is 16.6. The average molecular weight is 413 g/mol. The molecular formula is C20H44O8. The standard InChI is InChI=1S/2C10H22O4/c1-8(5-11)13-7-10(3)14-6-9(2)12-4;1-2-3-5-12-7-9-14-10-8-13-6-4-11/h8-11H,5-7H2,1-4H3;11H,2-10H2,1H3. The number of aliphatic hydroxyl groups excluding tert-OH is 2. The van der Waals surface area contributed by atoms with E-state index in [-0.39, 0.29) is 31.5 Å². The van der Waals surface area contributed by atoms with Gasteiger partial charge in [-0.25, -0.2) is 0 Å². The van der Waals surface area contributed by atoms with Crippen molar-refractivity contribution < 1.29 is 38.6 Å². The Morgan fingerprint density at radius 1 is 0.679 bits per heavy atom. The van der Waals surface area contributed by atoms with Gasteiger partial charge in [0.15, 0.2) is 0 Å². The number of hydrogen-bond acceptors (Lipinski definition) is 8. The molecule has 0 saturated carbocycles. The maximum absolute atomic E-state index is 8.72. The lowest BCUT2D eigenvalue weighted by Gasteiger charge is -2.18. The minimum Gasteiger partial charge on any atom is -0.394 e. The van der Waals surface area contributed by atoms with Crippen LogP contribution in [-0.4, -0.2) is 102 Å². The van der Waals surface area contributed by atoms with E-state index in [0.717, 1.165) is 19.4 Å². The van der Waals surface area contributed by atoms with E-state index in [1.54, 1.807) is 7.11 Å². The van der Waals surface area contributed by atoms with Crippen molar-refractivity contribution in [3.63, 3.8) is 0 Å². The molecule has 0 aliphatic carbocycles. The summed E-state index contributed by atoms with van der Waals surface area (Å²) in [4.78, 5) is 0. The Morgan fingerprint density at radius 2 is 1.18 bits per heavy atom. The second-order valence-electron chi connectivity index (χ2n) is 6.43. The van der Waals surface area contributed by atoms with Crippen LogP contribution in [0.4, 0.5) is 0 Å². The zero-order chi connectivity index (χ0) is 21.5. The Labute approximate surface area is 171 Å². The Kier molecular flexibility index (Phi) is 26.4. The van der Waals surface area contributed by atoms with Crippen LogP contribution in [0.2, 0.25) is 0 Å². The van der Waals surface area contributed by atoms with Gasteiger partial charge in [-0.3, -0.25) is 0 Å². The molecule has 172 valence electrons. The molecule has 0 saturated heterocycles. The molecule has 3 atom stereocenters. The van der Waals surface area contributed by atoms with Crippen LogP contribution in [0.5, 0.6) is 0 Å². The number of aliphatic hydroxyl groups is 2. The molecule has 3 unspecified atom stereocenters. The molecule has 0 rings (SSSR count). The third-order valence-corrected chi connectivity index (χ3v) is 3.51. The maximum Gasteiger partial charge on any atom is 0.0781 e. The van der Waals surface area contributed by atoms with Crippen LogP contribution in [-0.2, 0) is 28.4 Å². The van der Waals surface area contributed by atoms with E-state index in [2.05, 4.69) is 6.92 Å². The van der Waals surface area contributed by atoms with Gasteiger partial charge in [0.2, 0.25) is 0 Å². The molecule has 8 nitrogen and oxygen atoms in total. The van der Waals surface area contributed by atoms with E-state index in [4.69, 9.17) is 38.6 Å². The second-order valence-corrected chi connectivity index (χ2v) is 6.43. The lowest BCUT2D eigenvalue weighted by molar-refractivity contribution is -0.0677. The molecule has 0 aromatic carbocycles. The third-order valence-electron chi connectivity index (χ3n) is 3.51. The summed E-state index contributed by atoms with van der Waals surface area (Å²) >= 11 is 0. The summed E-state index contributed by atoms with van der Waals surface area (Å²) in [5.41, 5.74) is 0. The molecule has 0 heterocycles. The monoisotopic (exact) mass is 412 g/mol. The number of unbranched alkanes of at least 4 members (excludes halogenated alkanes) is 1. The van der Waals surface area contributed by atoms with Gasteiger partial charge in [0.1, 0.15) is 0 Å². The van der Waals surface area contributed by atoms with Crippen molar-refractivity contribution in [3.8, 4) is 0 Å². The Hall–Kier alpha value is -0.320. The van der Waals surface area contributed by atoms with Gasteiger partial charge in [0, 0.05) is 13.7 Å². The van der Waals surface area contributed by atoms with Crippen LogP contribution >= 0.6 is 0 Å². The average Bonchev–Trinajstić information content (AvgIpc) is 2.71. The lowest BCUT2D eigenvalue weighted by Crippen LogP contribution is -2.25. The van der Waals surface area contributed by atoms with Gasteiger partial charge in [-0.1, -0.05) is 13.3 Å². The normalized spacial score (nSPS) is 14.2. The highest BCUT2D eigenvalue weighted by Gasteiger charge is 2.08. The Morgan fingerprint density at radius 3 is 1.68 bits per heavy atom. The van der Waals surface area contributed by atoms with Crippen LogP contribution in [0.3, 0.4) is 0 Å². The molecule has 8 heteroatoms. The van der Waals surface area contributed by atoms with Crippen molar-refractivity contribution in [1.82, 2.24) is 0 Å². The molecule has 0 aromatic heterocycles. The molecule has 28 heavy (non-hydrogen) atoms. The first-order chi connectivity index (χ1) is 13.5. The molecule has 0 fully saturated rings. The van der Waals surface area contributed by atoms with Crippen molar-refractivity contribution in [1.29, 1.82) is 0 Å². The Bertz CT molecular complexity index is 255. The number of methoxy groups -OCH3 is 1. The summed E-state index contributed by atoms with van der Waals surface area (Å²) in [6.45, 7) is 12.6. The van der Waals surface area contributed by atoms with Gasteiger partial charge in [-0.15, -0.1) is 0 Å². The summed E-state index contributed by atoms with van der Waals surface area (Å²) in [5.74, 6) is 0. The van der Waals surface area contributed by atoms with Crippen LogP contribution < -0.4 is 0 Å². The van der Waals surface area contributed by atoms with Gasteiger partial charge in [-0.05, 0) is 27.2 Å². The topological polar surface area (TPSA) is 95.8 Å². The quantitative estimate of drug-likeness (QED) is 0.309. The molecule has 0 aliphatic rings. The number of rotatable bonds is 19. The summed E-state index contributed by atoms with van der Waals surface area (Å²) in [6.07, 6.45) is 2.28. The van der Waals surface area contributed by atoms with E-state index in [1.807, 2.05) is 20.8 Å². The third kappa shape index (κ3) is 25.7. The van der Waals surface area contributed by atoms with Gasteiger partial charge < -0.3 is 38.6 Å². The highest BCUT2D eigenvalue weighted by Crippen LogP contribution is 1.98. The van der Waals surface area contributed by atoms with Crippen molar-refractivity contribution >= 4 is 0 Å². The first-order valence-corrected chi connectivity index (χ1v) is 10.2. The number of ether oxygens (including phenoxy) is 6. The van der Waals surface area contributed by atoms with E-state index in [1.165, 1.54) is 0 Å². The van der Waals surface area contributed by atoms with Crippen molar-refractivity contribution in [2.75, 3.05) is 73.2 Å². The van der Waals surface area contributed by atoms with E-state index in [0.29, 0.717) is 46.2 Å². The summed E-state index contributed by atoms with van der Waals surface area (Å²) < 4.78 is 31.3. The lowest BCUT2D eigenvalue weighted by atomic mass is 10.4. The zero-order valence-corrected chi connectivity index (χ0v) is 18.6. The molecule has 0 spiro atoms. The van der Waals surface area contributed by atoms with Crippen molar-refractivity contribution in [2.45, 2.75) is 58.8 Å². The predicted molar refractivity (Wildman–Crippen MR) is 109 cm³/mol. The van der Waals surface area contributed by atoms with Gasteiger partial charge in [0.05, 0.1) is 77.8 Å². The van der Waals surface area contributed by atoms with Crippen LogP contribution in [0.15, 0.2) is 0 Å². The van der Waals surface area contributed by atoms with E-state index in [9.17, 15) is 0 Å². The minimum absolute atomic E-state index is 0.0293. The minimum atomic E-state index is -0.124. The molecule has 0 aromatic rings. The zero-order valence-electron chi connectivity index (χ0n) is 18.6. The second kappa shape index (κ2) is 24.7. The van der Waals surface area contributed by atoms with E-state index >= 15 is 0 Å². The van der Waals surface area contributed by atoms with Crippen molar-refractivity contribution in [2.24, 2.45) is 0 Å². The fourth-order valence-corrected chi connectivity index (χ4v) is 1.62. The fraction of sp³-hybridized carbons (Fsp3) is 1.00. The summed E-state index contributed by atoms with van der Waals surface area (Å²) in [7, 11) is 1.66. The van der Waals surface area contributed by atoms with Crippen molar-refractivity contribution in [3.05, 3.63) is 0 Å². The largest absolute Gasteiger partial charge is 0.394 e. The van der Waals surface area contributed by atoms with Gasteiger partial charge in [-0.2, -0.15) is 0 Å². The molecule has 0 amide bonds. The molecule has 0 radical (unpaired) electrons. The predicted octanol–water partition coefficient (Wildman–Crippen LogP) is 1.65. The summed E-state index contributed by atoms with van der Waals surface area (Å²) in [5, 5.41) is 17.1. The SMILES string of the molecule is CCCCOCCOCCOCCO.COC(C)COC(C)COC(C)CO. The molecular weight excluding hydrogens is 368 g/mol. The van der Waals surface area contributed by atoms with Crippen LogP contribution in [0, 0.1) is 0 Å². The molecule has 0 bridgehead atoms. The van der Waals surface area contributed by atoms with Gasteiger partial charge in [0.25, 0.3) is 0 Å². The smallest absolute Gasteiger partial charge is 0.0781 e. The van der Waals surface area contributed by atoms with Gasteiger partial charge >= 0.3 is 0 Å². The Balaban J connectivity index is 0. The van der Waals surface area contributed by atoms with Crippen LogP contribution in [0.1, 0.15) is 40.5 Å². The summed E-state index contributed by atoms with van der Waals surface area (Å²) in [6, 6.07) is 0. The highest BCUT2D eigenvalue weighted by molar-refractivity contribution is 4.53. The fourth-order valence-electron chi connectivity index (χ4n) is 1.62. The number of hydrogen-bond donors (Lipinski definition) is 2. The van der Waals surface area contributed by atoms with E-state index < -0.39 is 0 Å². The molecule has 0 aliphatic heterocycles. The van der Waals surface area contributed by atoms with Crippen LogP contribution in [0.25, 0.3) is 0 Å². The first-order valence-electron chi connectivity index (χ1n) is 10.2. The maximum atomic E-state index is 8.72. The first kappa shape index (κ1) is 29.9.